The van der Waals surface area contributed by atoms with E-state index in [9.17, 15) is 4.39 Å². The van der Waals surface area contributed by atoms with Crippen LogP contribution in [-0.4, -0.2) is 9.55 Å². The van der Waals surface area contributed by atoms with Crippen molar-refractivity contribution in [3.05, 3.63) is 29.3 Å². The third-order valence-corrected chi connectivity index (χ3v) is 4.81. The minimum Gasteiger partial charge on any atom is -0.326 e. The molecule has 1 aromatic heterocycles. The summed E-state index contributed by atoms with van der Waals surface area (Å²) in [5.74, 6) is 0.652. The number of aryl methyl sites for hydroxylation is 1. The molecule has 2 aromatic rings. The van der Waals surface area contributed by atoms with Crippen molar-refractivity contribution in [1.29, 1.82) is 0 Å². The molecular weight excluding hydrogens is 275 g/mol. The zero-order chi connectivity index (χ0) is 14.5. The van der Waals surface area contributed by atoms with E-state index >= 15 is 0 Å². The topological polar surface area (TPSA) is 17.8 Å². The van der Waals surface area contributed by atoms with Crippen molar-refractivity contribution in [3.63, 3.8) is 0 Å². The molecule has 0 N–H and O–H groups in total. The van der Waals surface area contributed by atoms with Gasteiger partial charge >= 0.3 is 0 Å². The van der Waals surface area contributed by atoms with Crippen molar-refractivity contribution in [1.82, 2.24) is 9.55 Å². The molecule has 1 unspecified atom stereocenters. The molecule has 4 heteroatoms. The van der Waals surface area contributed by atoms with E-state index in [0.717, 1.165) is 17.9 Å². The van der Waals surface area contributed by atoms with Crippen molar-refractivity contribution in [2.45, 2.75) is 52.0 Å². The number of nitrogens with zero attached hydrogens (tertiary/aromatic N) is 2. The third-order valence-electron chi connectivity index (χ3n) is 4.61. The van der Waals surface area contributed by atoms with Crippen LogP contribution in [0, 0.1) is 18.2 Å². The monoisotopic (exact) mass is 294 g/mol. The number of rotatable bonds is 4. The smallest absolute Gasteiger partial charge is 0.128 e. The average Bonchev–Trinajstić information content (AvgIpc) is 3.10. The van der Waals surface area contributed by atoms with Gasteiger partial charge in [0.05, 0.1) is 16.4 Å². The van der Waals surface area contributed by atoms with Crippen LogP contribution >= 0.6 is 11.6 Å². The molecule has 0 spiro atoms. The molecule has 0 bridgehead atoms. The van der Waals surface area contributed by atoms with E-state index in [2.05, 4.69) is 16.5 Å². The molecule has 3 rings (SSSR count). The van der Waals surface area contributed by atoms with Gasteiger partial charge in [-0.25, -0.2) is 9.37 Å². The van der Waals surface area contributed by atoms with Gasteiger partial charge in [0.1, 0.15) is 11.6 Å². The highest BCUT2D eigenvalue weighted by molar-refractivity contribution is 6.20. The van der Waals surface area contributed by atoms with Gasteiger partial charge in [-0.3, -0.25) is 0 Å². The molecule has 0 aliphatic heterocycles. The van der Waals surface area contributed by atoms with Crippen molar-refractivity contribution in [2.24, 2.45) is 5.41 Å². The molecule has 0 saturated heterocycles. The van der Waals surface area contributed by atoms with Gasteiger partial charge in [-0.1, -0.05) is 6.92 Å². The predicted molar refractivity (Wildman–Crippen MR) is 80.7 cm³/mol. The number of imidazole rings is 1. The summed E-state index contributed by atoms with van der Waals surface area (Å²) in [5.41, 5.74) is 2.78. The van der Waals surface area contributed by atoms with Gasteiger partial charge in [0.2, 0.25) is 0 Å². The molecule has 1 fully saturated rings. The number of hydrogen-bond donors (Lipinski definition) is 0. The Morgan fingerprint density at radius 1 is 1.45 bits per heavy atom. The molecular formula is C16H20ClFN2. The summed E-state index contributed by atoms with van der Waals surface area (Å²) in [6.07, 6.45) is 3.70. The maximum absolute atomic E-state index is 13.7. The molecule has 1 aromatic carbocycles. The first kappa shape index (κ1) is 13.9. The molecule has 1 saturated carbocycles. The molecule has 108 valence electrons. The number of benzene rings is 1. The van der Waals surface area contributed by atoms with Gasteiger partial charge in [0.15, 0.2) is 0 Å². The predicted octanol–water partition coefficient (Wildman–Crippen LogP) is 4.97. The standard InChI is InChI=1S/C16H20ClFN2/c1-4-16(5-6-16)9-20-14-7-10(2)12(18)8-13(14)19-15(20)11(3)17/h7-8,11H,4-6,9H2,1-3H3. The Morgan fingerprint density at radius 2 is 2.15 bits per heavy atom. The fourth-order valence-corrected chi connectivity index (χ4v) is 3.04. The maximum Gasteiger partial charge on any atom is 0.128 e. The Hall–Kier alpha value is -1.09. The summed E-state index contributed by atoms with van der Waals surface area (Å²) in [6.45, 7) is 6.90. The summed E-state index contributed by atoms with van der Waals surface area (Å²) >= 11 is 6.27. The number of aromatic nitrogens is 2. The molecule has 1 aliphatic rings. The van der Waals surface area contributed by atoms with Gasteiger partial charge < -0.3 is 4.57 Å². The first-order valence-corrected chi connectivity index (χ1v) is 7.70. The van der Waals surface area contributed by atoms with Crippen LogP contribution in [0.5, 0.6) is 0 Å². The Morgan fingerprint density at radius 3 is 2.70 bits per heavy atom. The highest BCUT2D eigenvalue weighted by Gasteiger charge is 2.41. The van der Waals surface area contributed by atoms with Gasteiger partial charge in [-0.2, -0.15) is 0 Å². The molecule has 20 heavy (non-hydrogen) atoms. The first-order chi connectivity index (χ1) is 9.46. The van der Waals surface area contributed by atoms with Crippen molar-refractivity contribution >= 4 is 22.6 Å². The first-order valence-electron chi connectivity index (χ1n) is 7.26. The van der Waals surface area contributed by atoms with E-state index in [0.29, 0.717) is 16.5 Å². The summed E-state index contributed by atoms with van der Waals surface area (Å²) in [7, 11) is 0. The largest absolute Gasteiger partial charge is 0.326 e. The lowest BCUT2D eigenvalue weighted by Gasteiger charge is -2.17. The van der Waals surface area contributed by atoms with Crippen molar-refractivity contribution in [2.75, 3.05) is 0 Å². The van der Waals surface area contributed by atoms with Crippen molar-refractivity contribution in [3.8, 4) is 0 Å². The SMILES string of the molecule is CCC1(Cn2c(C(C)Cl)nc3cc(F)c(C)cc32)CC1. The van der Waals surface area contributed by atoms with Crippen LogP contribution in [0.3, 0.4) is 0 Å². The van der Waals surface area contributed by atoms with Crippen molar-refractivity contribution < 1.29 is 4.39 Å². The second kappa shape index (κ2) is 4.73. The maximum atomic E-state index is 13.7. The summed E-state index contributed by atoms with van der Waals surface area (Å²) in [5, 5.41) is -0.168. The van der Waals surface area contributed by atoms with Gasteiger partial charge in [-0.05, 0) is 50.2 Å². The summed E-state index contributed by atoms with van der Waals surface area (Å²) in [6, 6.07) is 3.42. The average molecular weight is 295 g/mol. The lowest BCUT2D eigenvalue weighted by atomic mass is 10.0. The van der Waals surface area contributed by atoms with Crippen LogP contribution in [0.4, 0.5) is 4.39 Å². The number of alkyl halides is 1. The molecule has 1 atom stereocenters. The van der Waals surface area contributed by atoms with Crippen LogP contribution in [0.15, 0.2) is 12.1 Å². The van der Waals surface area contributed by atoms with Gasteiger partial charge in [-0.15, -0.1) is 11.6 Å². The molecule has 1 heterocycles. The van der Waals surface area contributed by atoms with Crippen LogP contribution in [0.2, 0.25) is 0 Å². The second-order valence-electron chi connectivity index (χ2n) is 6.12. The number of fused-ring (bicyclic) bond motifs is 1. The van der Waals surface area contributed by atoms with Crippen LogP contribution in [-0.2, 0) is 6.54 Å². The molecule has 0 amide bonds. The van der Waals surface area contributed by atoms with Crippen LogP contribution in [0.1, 0.15) is 49.9 Å². The lowest BCUT2D eigenvalue weighted by molar-refractivity contribution is 0.407. The van der Waals surface area contributed by atoms with Crippen LogP contribution in [0.25, 0.3) is 11.0 Å². The van der Waals surface area contributed by atoms with E-state index in [-0.39, 0.29) is 11.2 Å². The Bertz CT molecular complexity index is 656. The lowest BCUT2D eigenvalue weighted by Crippen LogP contribution is -2.14. The highest BCUT2D eigenvalue weighted by Crippen LogP contribution is 2.50. The van der Waals surface area contributed by atoms with E-state index in [1.54, 1.807) is 6.92 Å². The van der Waals surface area contributed by atoms with Crippen LogP contribution < -0.4 is 0 Å². The summed E-state index contributed by atoms with van der Waals surface area (Å²) < 4.78 is 15.9. The summed E-state index contributed by atoms with van der Waals surface area (Å²) in [4.78, 5) is 4.55. The minimum atomic E-state index is -0.201. The molecule has 0 radical (unpaired) electrons. The minimum absolute atomic E-state index is 0.168. The van der Waals surface area contributed by atoms with Gasteiger partial charge in [0, 0.05) is 12.6 Å². The molecule has 1 aliphatic carbocycles. The number of hydrogen-bond acceptors (Lipinski definition) is 1. The fraction of sp³-hybridized carbons (Fsp3) is 0.562. The van der Waals surface area contributed by atoms with E-state index in [1.165, 1.54) is 25.3 Å². The van der Waals surface area contributed by atoms with E-state index < -0.39 is 0 Å². The highest BCUT2D eigenvalue weighted by atomic mass is 35.5. The Balaban J connectivity index is 2.15. The zero-order valence-corrected chi connectivity index (χ0v) is 13.0. The Labute approximate surface area is 123 Å². The number of halogens is 2. The van der Waals surface area contributed by atoms with E-state index in [4.69, 9.17) is 11.6 Å². The van der Waals surface area contributed by atoms with Gasteiger partial charge in [0.25, 0.3) is 0 Å². The van der Waals surface area contributed by atoms with E-state index in [1.807, 2.05) is 13.0 Å². The fourth-order valence-electron chi connectivity index (χ4n) is 2.87. The normalized spacial score (nSPS) is 18.4. The zero-order valence-electron chi connectivity index (χ0n) is 12.2. The Kier molecular flexibility index (Phi) is 3.28. The molecule has 2 nitrogen and oxygen atoms in total. The third kappa shape index (κ3) is 2.22. The second-order valence-corrected chi connectivity index (χ2v) is 6.77. The quantitative estimate of drug-likeness (QED) is 0.728.